The van der Waals surface area contributed by atoms with E-state index in [9.17, 15) is 0 Å². The van der Waals surface area contributed by atoms with Crippen LogP contribution in [0.4, 0.5) is 0 Å². The highest BCUT2D eigenvalue weighted by molar-refractivity contribution is 6.12. The lowest BCUT2D eigenvalue weighted by molar-refractivity contribution is 1.17. The molecule has 8 aromatic rings. The molecule has 0 atom stereocenters. The van der Waals surface area contributed by atoms with Gasteiger partial charge >= 0.3 is 0 Å². The van der Waals surface area contributed by atoms with Crippen molar-refractivity contribution in [2.45, 2.75) is 0 Å². The van der Waals surface area contributed by atoms with Gasteiger partial charge in [-0.3, -0.25) is 4.98 Å². The van der Waals surface area contributed by atoms with Crippen LogP contribution in [0.15, 0.2) is 140 Å². The smallest absolute Gasteiger partial charge is 0.0724 e. The molecule has 0 radical (unpaired) electrons. The summed E-state index contributed by atoms with van der Waals surface area (Å²) in [7, 11) is 0. The monoisotopic (exact) mass is 485 g/mol. The Morgan fingerprint density at radius 1 is 0.395 bits per heavy atom. The maximum Gasteiger partial charge on any atom is 0.0724 e. The summed E-state index contributed by atoms with van der Waals surface area (Å²) in [5.74, 6) is 0. The van der Waals surface area contributed by atoms with Crippen LogP contribution in [0.5, 0.6) is 0 Å². The number of nitrogens with zero attached hydrogens (tertiary/aromatic N) is 3. The Labute approximate surface area is 219 Å². The van der Waals surface area contributed by atoms with E-state index in [2.05, 4.69) is 143 Å². The van der Waals surface area contributed by atoms with Gasteiger partial charge in [-0.05, 0) is 48.5 Å². The van der Waals surface area contributed by atoms with Crippen molar-refractivity contribution in [2.75, 3.05) is 0 Å². The summed E-state index contributed by atoms with van der Waals surface area (Å²) in [6.07, 6.45) is 2.02. The Morgan fingerprint density at radius 2 is 0.921 bits per heavy atom. The average molecular weight is 486 g/mol. The minimum absolute atomic E-state index is 0.972. The fraction of sp³-hybridized carbons (Fsp3) is 0. The summed E-state index contributed by atoms with van der Waals surface area (Å²) < 4.78 is 4.66. The number of para-hydroxylation sites is 4. The quantitative estimate of drug-likeness (QED) is 0.245. The number of rotatable bonds is 3. The third-order valence-corrected chi connectivity index (χ3v) is 7.56. The lowest BCUT2D eigenvalue weighted by atomic mass is 10.1. The topological polar surface area (TPSA) is 22.8 Å². The van der Waals surface area contributed by atoms with Crippen molar-refractivity contribution in [3.05, 3.63) is 140 Å². The number of fused-ring (bicyclic) bond motifs is 6. The van der Waals surface area contributed by atoms with Gasteiger partial charge in [-0.15, -0.1) is 0 Å². The third kappa shape index (κ3) is 3.06. The van der Waals surface area contributed by atoms with Crippen molar-refractivity contribution in [2.24, 2.45) is 0 Å². The lowest BCUT2D eigenvalue weighted by Gasteiger charge is -2.09. The van der Waals surface area contributed by atoms with Crippen molar-refractivity contribution in [3.8, 4) is 22.6 Å². The van der Waals surface area contributed by atoms with Crippen LogP contribution in [-0.4, -0.2) is 14.1 Å². The van der Waals surface area contributed by atoms with E-state index in [1.54, 1.807) is 0 Å². The van der Waals surface area contributed by atoms with Crippen molar-refractivity contribution < 1.29 is 0 Å². The van der Waals surface area contributed by atoms with Crippen LogP contribution in [0.3, 0.4) is 0 Å². The summed E-state index contributed by atoms with van der Waals surface area (Å²) in [5, 5.41) is 4.94. The molecule has 0 saturated carbocycles. The van der Waals surface area contributed by atoms with Gasteiger partial charge in [0.1, 0.15) is 0 Å². The molecule has 178 valence electrons. The number of hydrogen-bond donors (Lipinski definition) is 0. The number of hydrogen-bond acceptors (Lipinski definition) is 1. The van der Waals surface area contributed by atoms with E-state index >= 15 is 0 Å². The van der Waals surface area contributed by atoms with Gasteiger partial charge in [-0.1, -0.05) is 84.9 Å². The van der Waals surface area contributed by atoms with E-state index in [-0.39, 0.29) is 0 Å². The molecule has 0 N–H and O–H groups in total. The molecule has 0 amide bonds. The SMILES string of the molecule is c1ccc(-n2c3ccccc3c3cc(-c4ccc5c6ccccc6n(-c6ccccc6)c5c4)ncc32)cc1. The Hall–Kier alpha value is -5.15. The fourth-order valence-electron chi connectivity index (χ4n) is 5.87. The van der Waals surface area contributed by atoms with Crippen LogP contribution >= 0.6 is 0 Å². The number of aromatic nitrogens is 3. The lowest BCUT2D eigenvalue weighted by Crippen LogP contribution is -1.94. The molecule has 3 heteroatoms. The van der Waals surface area contributed by atoms with Crippen molar-refractivity contribution in [3.63, 3.8) is 0 Å². The predicted octanol–water partition coefficient (Wildman–Crippen LogP) is 8.94. The first-order chi connectivity index (χ1) is 18.9. The molecule has 0 saturated heterocycles. The Balaban J connectivity index is 1.38. The molecule has 38 heavy (non-hydrogen) atoms. The molecular formula is C35H23N3. The maximum atomic E-state index is 4.99. The molecule has 3 nitrogen and oxygen atoms in total. The van der Waals surface area contributed by atoms with Crippen LogP contribution in [0.25, 0.3) is 66.2 Å². The zero-order valence-corrected chi connectivity index (χ0v) is 20.6. The highest BCUT2D eigenvalue weighted by Crippen LogP contribution is 2.37. The first kappa shape index (κ1) is 21.0. The third-order valence-electron chi connectivity index (χ3n) is 7.56. The van der Waals surface area contributed by atoms with E-state index < -0.39 is 0 Å². The van der Waals surface area contributed by atoms with Crippen molar-refractivity contribution >= 4 is 43.6 Å². The van der Waals surface area contributed by atoms with E-state index in [1.807, 2.05) is 6.20 Å². The van der Waals surface area contributed by atoms with Crippen LogP contribution in [0, 0.1) is 0 Å². The molecule has 0 aliphatic carbocycles. The first-order valence-corrected chi connectivity index (χ1v) is 12.9. The van der Waals surface area contributed by atoms with E-state index in [4.69, 9.17) is 4.98 Å². The fourth-order valence-corrected chi connectivity index (χ4v) is 5.87. The van der Waals surface area contributed by atoms with Crippen LogP contribution in [0.2, 0.25) is 0 Å². The molecule has 0 unspecified atom stereocenters. The van der Waals surface area contributed by atoms with Crippen LogP contribution < -0.4 is 0 Å². The Morgan fingerprint density at radius 3 is 1.58 bits per heavy atom. The maximum absolute atomic E-state index is 4.99. The molecule has 0 aliphatic heterocycles. The van der Waals surface area contributed by atoms with E-state index in [0.717, 1.165) is 28.1 Å². The van der Waals surface area contributed by atoms with Gasteiger partial charge in [0.15, 0.2) is 0 Å². The minimum atomic E-state index is 0.972. The highest BCUT2D eigenvalue weighted by atomic mass is 15.0. The zero-order chi connectivity index (χ0) is 25.1. The second-order valence-corrected chi connectivity index (χ2v) is 9.69. The summed E-state index contributed by atoms with van der Waals surface area (Å²) in [6.45, 7) is 0. The first-order valence-electron chi connectivity index (χ1n) is 12.9. The van der Waals surface area contributed by atoms with Crippen LogP contribution in [-0.2, 0) is 0 Å². The highest BCUT2D eigenvalue weighted by Gasteiger charge is 2.16. The van der Waals surface area contributed by atoms with Gasteiger partial charge < -0.3 is 9.13 Å². The Kier molecular flexibility index (Phi) is 4.52. The molecule has 0 bridgehead atoms. The minimum Gasteiger partial charge on any atom is -0.309 e. The zero-order valence-electron chi connectivity index (χ0n) is 20.6. The van der Waals surface area contributed by atoms with E-state index in [1.165, 1.54) is 38.1 Å². The van der Waals surface area contributed by atoms with Gasteiger partial charge in [0, 0.05) is 38.5 Å². The second kappa shape index (κ2) is 8.19. The Bertz CT molecular complexity index is 2120. The molecular weight excluding hydrogens is 462 g/mol. The molecule has 8 rings (SSSR count). The van der Waals surface area contributed by atoms with Gasteiger partial charge in [-0.25, -0.2) is 0 Å². The van der Waals surface area contributed by atoms with Gasteiger partial charge in [0.05, 0.1) is 34.0 Å². The molecule has 3 aromatic heterocycles. The normalized spacial score (nSPS) is 11.7. The number of pyridine rings is 1. The standard InChI is InChI=1S/C35H23N3/c1-3-11-25(12-4-1)37-32-17-9-7-15-27(32)29-20-19-24(21-34(29)37)31-22-30-28-16-8-10-18-33(28)38(35(30)23-36-31)26-13-5-2-6-14-26/h1-23H. The molecule has 3 heterocycles. The predicted molar refractivity (Wildman–Crippen MR) is 158 cm³/mol. The average Bonchev–Trinajstić information content (AvgIpc) is 3.50. The molecule has 0 aliphatic rings. The molecule has 0 spiro atoms. The molecule has 0 fully saturated rings. The summed E-state index contributed by atoms with van der Waals surface area (Å²) in [5.41, 5.74) is 9.07. The van der Waals surface area contributed by atoms with Crippen molar-refractivity contribution in [1.82, 2.24) is 14.1 Å². The number of benzene rings is 5. The summed E-state index contributed by atoms with van der Waals surface area (Å²) in [6, 6.07) is 47.3. The summed E-state index contributed by atoms with van der Waals surface area (Å²) >= 11 is 0. The van der Waals surface area contributed by atoms with Gasteiger partial charge in [-0.2, -0.15) is 0 Å². The largest absolute Gasteiger partial charge is 0.309 e. The van der Waals surface area contributed by atoms with Crippen molar-refractivity contribution in [1.29, 1.82) is 0 Å². The van der Waals surface area contributed by atoms with Gasteiger partial charge in [0.25, 0.3) is 0 Å². The summed E-state index contributed by atoms with van der Waals surface area (Å²) in [4.78, 5) is 4.99. The van der Waals surface area contributed by atoms with Crippen LogP contribution in [0.1, 0.15) is 0 Å². The van der Waals surface area contributed by atoms with Gasteiger partial charge in [0.2, 0.25) is 0 Å². The van der Waals surface area contributed by atoms with E-state index in [0.29, 0.717) is 0 Å². The molecule has 5 aromatic carbocycles. The second-order valence-electron chi connectivity index (χ2n) is 9.69.